The summed E-state index contributed by atoms with van der Waals surface area (Å²) in [5.74, 6) is 0.586. The largest absolute Gasteiger partial charge is 0.492 e. The zero-order chi connectivity index (χ0) is 15.5. The molecule has 0 fully saturated rings. The fourth-order valence-corrected chi connectivity index (χ4v) is 2.04. The Labute approximate surface area is 148 Å². The van der Waals surface area contributed by atoms with Crippen molar-refractivity contribution >= 4 is 41.5 Å². The molecule has 0 radical (unpaired) electrons. The van der Waals surface area contributed by atoms with Crippen LogP contribution in [0.2, 0.25) is 10.0 Å². The first-order chi connectivity index (χ1) is 10.1. The number of halogens is 3. The van der Waals surface area contributed by atoms with E-state index in [0.717, 1.165) is 19.5 Å². The molecule has 126 valence electrons. The first kappa shape index (κ1) is 21.3. The van der Waals surface area contributed by atoms with E-state index < -0.39 is 0 Å². The smallest absolute Gasteiger partial charge is 0.220 e. The van der Waals surface area contributed by atoms with Crippen LogP contribution in [0.15, 0.2) is 18.2 Å². The van der Waals surface area contributed by atoms with E-state index in [9.17, 15) is 4.79 Å². The molecule has 0 heterocycles. The lowest BCUT2D eigenvalue weighted by Crippen LogP contribution is -2.32. The SMILES string of the molecule is CCCNCCNC(=O)CCCOc1cccc(Cl)c1Cl.Cl. The average molecular weight is 370 g/mol. The second-order valence-corrected chi connectivity index (χ2v) is 5.39. The van der Waals surface area contributed by atoms with Gasteiger partial charge in [0.15, 0.2) is 0 Å². The number of carbonyl (C=O) groups is 1. The molecule has 4 nitrogen and oxygen atoms in total. The topological polar surface area (TPSA) is 50.4 Å². The number of ether oxygens (including phenoxy) is 1. The van der Waals surface area contributed by atoms with Crippen LogP contribution >= 0.6 is 35.6 Å². The molecule has 2 N–H and O–H groups in total. The lowest BCUT2D eigenvalue weighted by molar-refractivity contribution is -0.121. The van der Waals surface area contributed by atoms with Gasteiger partial charge >= 0.3 is 0 Å². The van der Waals surface area contributed by atoms with Gasteiger partial charge in [0.25, 0.3) is 0 Å². The van der Waals surface area contributed by atoms with Crippen molar-refractivity contribution in [3.63, 3.8) is 0 Å². The first-order valence-electron chi connectivity index (χ1n) is 7.19. The van der Waals surface area contributed by atoms with Crippen molar-refractivity contribution in [2.24, 2.45) is 0 Å². The van der Waals surface area contributed by atoms with Gasteiger partial charge in [-0.3, -0.25) is 4.79 Å². The number of nitrogens with one attached hydrogen (secondary N) is 2. The Bertz CT molecular complexity index is 445. The molecule has 22 heavy (non-hydrogen) atoms. The molecule has 0 atom stereocenters. The first-order valence-corrected chi connectivity index (χ1v) is 7.95. The highest BCUT2D eigenvalue weighted by Gasteiger charge is 2.06. The number of rotatable bonds is 10. The van der Waals surface area contributed by atoms with E-state index in [1.807, 2.05) is 0 Å². The van der Waals surface area contributed by atoms with Crippen molar-refractivity contribution in [2.75, 3.05) is 26.2 Å². The Morgan fingerprint density at radius 2 is 2.00 bits per heavy atom. The minimum absolute atomic E-state index is 0. The molecule has 0 saturated carbocycles. The maximum absolute atomic E-state index is 11.6. The lowest BCUT2D eigenvalue weighted by atomic mass is 10.3. The predicted molar refractivity (Wildman–Crippen MR) is 94.6 cm³/mol. The molecule has 0 aliphatic heterocycles. The van der Waals surface area contributed by atoms with Crippen molar-refractivity contribution in [1.82, 2.24) is 10.6 Å². The van der Waals surface area contributed by atoms with E-state index in [4.69, 9.17) is 27.9 Å². The van der Waals surface area contributed by atoms with E-state index >= 15 is 0 Å². The van der Waals surface area contributed by atoms with Crippen molar-refractivity contribution < 1.29 is 9.53 Å². The second kappa shape index (κ2) is 12.8. The third kappa shape index (κ3) is 8.69. The number of hydrogen-bond acceptors (Lipinski definition) is 3. The average Bonchev–Trinajstić information content (AvgIpc) is 2.47. The van der Waals surface area contributed by atoms with Gasteiger partial charge in [0.05, 0.1) is 11.6 Å². The number of amides is 1. The summed E-state index contributed by atoms with van der Waals surface area (Å²) in [5, 5.41) is 6.95. The van der Waals surface area contributed by atoms with Crippen LogP contribution in [-0.2, 0) is 4.79 Å². The number of hydrogen-bond donors (Lipinski definition) is 2. The highest BCUT2D eigenvalue weighted by Crippen LogP contribution is 2.31. The normalized spacial score (nSPS) is 9.95. The molecule has 0 bridgehead atoms. The van der Waals surface area contributed by atoms with E-state index in [0.29, 0.717) is 41.8 Å². The van der Waals surface area contributed by atoms with Gasteiger partial charge in [-0.25, -0.2) is 0 Å². The fourth-order valence-electron chi connectivity index (χ4n) is 1.69. The second-order valence-electron chi connectivity index (χ2n) is 4.60. The molecule has 1 amide bonds. The van der Waals surface area contributed by atoms with Crippen LogP contribution in [0.3, 0.4) is 0 Å². The molecular formula is C15H23Cl3N2O2. The summed E-state index contributed by atoms with van der Waals surface area (Å²) >= 11 is 11.9. The summed E-state index contributed by atoms with van der Waals surface area (Å²) in [4.78, 5) is 11.6. The predicted octanol–water partition coefficient (Wildman–Crippen LogP) is 3.69. The summed E-state index contributed by atoms with van der Waals surface area (Å²) in [6.45, 7) is 4.97. The maximum atomic E-state index is 11.6. The molecular weight excluding hydrogens is 347 g/mol. The molecule has 1 aromatic rings. The highest BCUT2D eigenvalue weighted by molar-refractivity contribution is 6.42. The van der Waals surface area contributed by atoms with Crippen LogP contribution in [0.25, 0.3) is 0 Å². The van der Waals surface area contributed by atoms with Gasteiger partial charge in [0, 0.05) is 19.5 Å². The third-order valence-electron chi connectivity index (χ3n) is 2.77. The Hall–Kier alpha value is -0.680. The Kier molecular flexibility index (Phi) is 12.4. The standard InChI is InChI=1S/C15H22Cl2N2O2.ClH/c1-2-8-18-9-10-19-14(20)7-4-11-21-13-6-3-5-12(16)15(13)17;/h3,5-6,18H,2,4,7-11H2,1H3,(H,19,20);1H. The molecule has 0 aromatic heterocycles. The molecule has 0 unspecified atom stereocenters. The lowest BCUT2D eigenvalue weighted by Gasteiger charge is -2.09. The quantitative estimate of drug-likeness (QED) is 0.618. The maximum Gasteiger partial charge on any atom is 0.220 e. The Morgan fingerprint density at radius 1 is 1.23 bits per heavy atom. The summed E-state index contributed by atoms with van der Waals surface area (Å²) < 4.78 is 5.52. The Morgan fingerprint density at radius 3 is 2.73 bits per heavy atom. The summed E-state index contributed by atoms with van der Waals surface area (Å²) in [6, 6.07) is 5.24. The monoisotopic (exact) mass is 368 g/mol. The molecule has 0 saturated heterocycles. The van der Waals surface area contributed by atoms with Crippen LogP contribution in [0, 0.1) is 0 Å². The van der Waals surface area contributed by atoms with Gasteiger partial charge in [0.2, 0.25) is 5.91 Å². The minimum atomic E-state index is 0. The molecule has 0 aliphatic carbocycles. The molecule has 0 aliphatic rings. The van der Waals surface area contributed by atoms with Crippen LogP contribution in [0.5, 0.6) is 5.75 Å². The highest BCUT2D eigenvalue weighted by atomic mass is 35.5. The van der Waals surface area contributed by atoms with Crippen LogP contribution in [-0.4, -0.2) is 32.1 Å². The zero-order valence-corrected chi connectivity index (χ0v) is 15.0. The zero-order valence-electron chi connectivity index (χ0n) is 12.7. The third-order valence-corrected chi connectivity index (χ3v) is 3.57. The summed E-state index contributed by atoms with van der Waals surface area (Å²) in [5.41, 5.74) is 0. The van der Waals surface area contributed by atoms with Gasteiger partial charge in [-0.1, -0.05) is 36.2 Å². The number of carbonyl (C=O) groups excluding carboxylic acids is 1. The van der Waals surface area contributed by atoms with Gasteiger partial charge in [-0.15, -0.1) is 12.4 Å². The van der Waals surface area contributed by atoms with Crippen LogP contribution in [0.4, 0.5) is 0 Å². The summed E-state index contributed by atoms with van der Waals surface area (Å²) in [6.07, 6.45) is 2.17. The van der Waals surface area contributed by atoms with E-state index in [1.165, 1.54) is 0 Å². The van der Waals surface area contributed by atoms with Crippen molar-refractivity contribution in [1.29, 1.82) is 0 Å². The minimum Gasteiger partial charge on any atom is -0.492 e. The fraction of sp³-hybridized carbons (Fsp3) is 0.533. The van der Waals surface area contributed by atoms with Crippen molar-refractivity contribution in [2.45, 2.75) is 26.2 Å². The molecule has 0 spiro atoms. The van der Waals surface area contributed by atoms with Gasteiger partial charge < -0.3 is 15.4 Å². The van der Waals surface area contributed by atoms with Gasteiger partial charge in [-0.05, 0) is 31.5 Å². The van der Waals surface area contributed by atoms with Gasteiger partial charge in [0.1, 0.15) is 10.8 Å². The van der Waals surface area contributed by atoms with Crippen molar-refractivity contribution in [3.05, 3.63) is 28.2 Å². The van der Waals surface area contributed by atoms with E-state index in [1.54, 1.807) is 18.2 Å². The number of benzene rings is 1. The summed E-state index contributed by atoms with van der Waals surface area (Å²) in [7, 11) is 0. The van der Waals surface area contributed by atoms with Crippen LogP contribution < -0.4 is 15.4 Å². The Balaban J connectivity index is 0.00000441. The van der Waals surface area contributed by atoms with Crippen LogP contribution in [0.1, 0.15) is 26.2 Å². The van der Waals surface area contributed by atoms with E-state index in [-0.39, 0.29) is 18.3 Å². The van der Waals surface area contributed by atoms with Gasteiger partial charge in [-0.2, -0.15) is 0 Å². The molecule has 7 heteroatoms. The molecule has 1 aromatic carbocycles. The van der Waals surface area contributed by atoms with Crippen molar-refractivity contribution in [3.8, 4) is 5.75 Å². The van der Waals surface area contributed by atoms with E-state index in [2.05, 4.69) is 17.6 Å². The molecule has 1 rings (SSSR count).